The quantitative estimate of drug-likeness (QED) is 0.458. The third-order valence-electron chi connectivity index (χ3n) is 9.68. The number of nitrogens with zero attached hydrogens (tertiary/aromatic N) is 2. The molecule has 0 spiro atoms. The van der Waals surface area contributed by atoms with Crippen molar-refractivity contribution < 1.29 is 28.4 Å². The van der Waals surface area contributed by atoms with Crippen molar-refractivity contribution in [3.63, 3.8) is 0 Å². The lowest BCUT2D eigenvalue weighted by Crippen LogP contribution is -2.54. The van der Waals surface area contributed by atoms with Crippen molar-refractivity contribution in [1.82, 2.24) is 20.4 Å². The first-order valence-corrected chi connectivity index (χ1v) is 16.9. The van der Waals surface area contributed by atoms with E-state index < -0.39 is 29.7 Å². The zero-order valence-corrected chi connectivity index (χ0v) is 27.6. The number of carbonyl (C=O) groups excluding carboxylic acids is 5. The van der Waals surface area contributed by atoms with Crippen LogP contribution in [-0.2, 0) is 20.8 Å². The van der Waals surface area contributed by atoms with E-state index in [-0.39, 0.29) is 48.2 Å². The minimum atomic E-state index is -0.780. The van der Waals surface area contributed by atoms with Crippen LogP contribution in [0.3, 0.4) is 0 Å². The molecule has 0 unspecified atom stereocenters. The average molecular weight is 648 g/mol. The van der Waals surface area contributed by atoms with Gasteiger partial charge in [0.25, 0.3) is 11.8 Å². The Hall–Kier alpha value is -4.28. The van der Waals surface area contributed by atoms with Crippen molar-refractivity contribution >= 4 is 35.2 Å². The highest BCUT2D eigenvalue weighted by Gasteiger charge is 2.37. The molecule has 10 nitrogen and oxygen atoms in total. The van der Waals surface area contributed by atoms with Gasteiger partial charge in [0, 0.05) is 42.8 Å². The second-order valence-electron chi connectivity index (χ2n) is 13.5. The number of fused-ring (bicyclic) bond motifs is 3. The highest BCUT2D eigenvalue weighted by molar-refractivity contribution is 6.00. The number of hydrogen-bond donors (Lipinski definition) is 3. The van der Waals surface area contributed by atoms with Gasteiger partial charge in [-0.2, -0.15) is 0 Å². The maximum absolute atomic E-state index is 14.8. The van der Waals surface area contributed by atoms with Crippen molar-refractivity contribution in [3.05, 3.63) is 64.5 Å². The van der Waals surface area contributed by atoms with Crippen molar-refractivity contribution in [1.29, 1.82) is 0 Å². The number of rotatable bonds is 4. The molecule has 2 atom stereocenters. The average Bonchev–Trinajstić information content (AvgIpc) is 3.76. The van der Waals surface area contributed by atoms with E-state index in [4.69, 9.17) is 0 Å². The lowest BCUT2D eigenvalue weighted by molar-refractivity contribution is -0.126. The molecule has 11 heteroatoms. The molecule has 3 N–H and O–H groups in total. The molecule has 47 heavy (non-hydrogen) atoms. The molecule has 2 heterocycles. The van der Waals surface area contributed by atoms with Crippen molar-refractivity contribution in [2.45, 2.75) is 84.2 Å². The van der Waals surface area contributed by atoms with Gasteiger partial charge in [0.05, 0.1) is 12.1 Å². The van der Waals surface area contributed by atoms with E-state index in [1.807, 2.05) is 20.8 Å². The fourth-order valence-electron chi connectivity index (χ4n) is 6.73. The van der Waals surface area contributed by atoms with E-state index in [9.17, 15) is 28.4 Å². The molecule has 1 aliphatic carbocycles. The summed E-state index contributed by atoms with van der Waals surface area (Å²) in [7, 11) is 0. The third-order valence-corrected chi connectivity index (χ3v) is 9.68. The summed E-state index contributed by atoms with van der Waals surface area (Å²) >= 11 is 0. The van der Waals surface area contributed by atoms with Crippen LogP contribution in [0.1, 0.15) is 90.6 Å². The molecule has 252 valence electrons. The minimum absolute atomic E-state index is 0.0392. The molecule has 1 saturated carbocycles. The Morgan fingerprint density at radius 2 is 1.74 bits per heavy atom. The molecule has 2 aromatic carbocycles. The Balaban J connectivity index is 1.41. The molecule has 0 radical (unpaired) electrons. The number of halogens is 1. The first-order valence-electron chi connectivity index (χ1n) is 16.9. The van der Waals surface area contributed by atoms with Gasteiger partial charge in [-0.15, -0.1) is 0 Å². The van der Waals surface area contributed by atoms with Crippen LogP contribution in [0.5, 0.6) is 0 Å². The van der Waals surface area contributed by atoms with Gasteiger partial charge in [0.2, 0.25) is 17.7 Å². The number of benzene rings is 2. The molecule has 2 aliphatic heterocycles. The number of aryl methyl sites for hydroxylation is 2. The first-order chi connectivity index (χ1) is 22.5. The predicted molar refractivity (Wildman–Crippen MR) is 176 cm³/mol. The molecule has 5 rings (SSSR count). The molecule has 3 aliphatic rings. The van der Waals surface area contributed by atoms with Gasteiger partial charge in [-0.3, -0.25) is 24.0 Å². The molecule has 0 aromatic heterocycles. The van der Waals surface area contributed by atoms with Crippen LogP contribution in [0.25, 0.3) is 0 Å². The summed E-state index contributed by atoms with van der Waals surface area (Å²) in [5.41, 5.74) is 2.38. The number of anilines is 1. The fourth-order valence-corrected chi connectivity index (χ4v) is 6.73. The van der Waals surface area contributed by atoms with Gasteiger partial charge < -0.3 is 25.8 Å². The number of carbonyl (C=O) groups is 5. The van der Waals surface area contributed by atoms with Crippen LogP contribution in [0.15, 0.2) is 36.4 Å². The summed E-state index contributed by atoms with van der Waals surface area (Å²) in [6.07, 6.45) is 5.85. The molecule has 1 saturated heterocycles. The summed E-state index contributed by atoms with van der Waals surface area (Å²) in [6, 6.07) is 8.23. The normalized spacial score (nSPS) is 21.7. The Morgan fingerprint density at radius 1 is 0.979 bits per heavy atom. The highest BCUT2D eigenvalue weighted by atomic mass is 19.1. The topological polar surface area (TPSA) is 128 Å². The lowest BCUT2D eigenvalue weighted by atomic mass is 10.0. The van der Waals surface area contributed by atoms with Gasteiger partial charge in [0.1, 0.15) is 11.9 Å². The Morgan fingerprint density at radius 3 is 2.49 bits per heavy atom. The summed E-state index contributed by atoms with van der Waals surface area (Å²) in [5.74, 6) is -2.50. The number of hydrogen-bond acceptors (Lipinski definition) is 5. The Labute approximate surface area is 275 Å². The Bertz CT molecular complexity index is 1520. The monoisotopic (exact) mass is 647 g/mol. The van der Waals surface area contributed by atoms with Gasteiger partial charge in [-0.05, 0) is 86.8 Å². The third kappa shape index (κ3) is 8.18. The van der Waals surface area contributed by atoms with Crippen LogP contribution in [0.2, 0.25) is 0 Å². The van der Waals surface area contributed by atoms with Crippen LogP contribution < -0.4 is 16.0 Å². The lowest BCUT2D eigenvalue weighted by Gasteiger charge is -2.32. The molecule has 2 fully saturated rings. The summed E-state index contributed by atoms with van der Waals surface area (Å²) < 4.78 is 14.8. The van der Waals surface area contributed by atoms with E-state index in [0.717, 1.165) is 36.8 Å². The second kappa shape index (κ2) is 15.1. The smallest absolute Gasteiger partial charge is 0.257 e. The van der Waals surface area contributed by atoms with Crippen LogP contribution in [-0.4, -0.2) is 77.6 Å². The zero-order chi connectivity index (χ0) is 33.7. The van der Waals surface area contributed by atoms with Crippen LogP contribution in [0.4, 0.5) is 10.1 Å². The molecular formula is C36H46FN5O5. The Kier molecular flexibility index (Phi) is 10.9. The first kappa shape index (κ1) is 34.1. The highest BCUT2D eigenvalue weighted by Crippen LogP contribution is 2.28. The largest absolute Gasteiger partial charge is 0.355 e. The van der Waals surface area contributed by atoms with Gasteiger partial charge in [-0.1, -0.05) is 38.8 Å². The minimum Gasteiger partial charge on any atom is -0.355 e. The molecule has 5 amide bonds. The number of amides is 5. The van der Waals surface area contributed by atoms with E-state index in [2.05, 4.69) is 16.0 Å². The van der Waals surface area contributed by atoms with Crippen LogP contribution >= 0.6 is 0 Å². The van der Waals surface area contributed by atoms with E-state index in [1.54, 1.807) is 24.3 Å². The van der Waals surface area contributed by atoms with E-state index in [0.29, 0.717) is 50.0 Å². The maximum atomic E-state index is 14.8. The van der Waals surface area contributed by atoms with E-state index in [1.165, 1.54) is 21.9 Å². The van der Waals surface area contributed by atoms with Gasteiger partial charge >= 0.3 is 0 Å². The molecular weight excluding hydrogens is 601 g/mol. The van der Waals surface area contributed by atoms with Gasteiger partial charge in [0.15, 0.2) is 0 Å². The van der Waals surface area contributed by atoms with Crippen molar-refractivity contribution in [3.8, 4) is 0 Å². The second-order valence-corrected chi connectivity index (χ2v) is 13.5. The SMILES string of the molecule is Cc1ccc(C(=O)N2CC(=O)NCCCc3ccc(F)c(c3)C(=O)N3CCC[C@H]3C(=O)N[C@H](C(C)C)C2)cc1NC(=O)C1CCCC1. The van der Waals surface area contributed by atoms with E-state index >= 15 is 0 Å². The van der Waals surface area contributed by atoms with Crippen LogP contribution in [0, 0.1) is 24.6 Å². The maximum Gasteiger partial charge on any atom is 0.257 e. The summed E-state index contributed by atoms with van der Waals surface area (Å²) in [4.78, 5) is 70.3. The molecule has 2 aromatic rings. The number of nitrogens with one attached hydrogen (secondary N) is 3. The van der Waals surface area contributed by atoms with Crippen molar-refractivity contribution in [2.24, 2.45) is 11.8 Å². The molecule has 2 bridgehead atoms. The van der Waals surface area contributed by atoms with Crippen molar-refractivity contribution in [2.75, 3.05) is 31.5 Å². The predicted octanol–water partition coefficient (Wildman–Crippen LogP) is 4.21. The summed E-state index contributed by atoms with van der Waals surface area (Å²) in [6.45, 7) is 6.17. The fraction of sp³-hybridized carbons (Fsp3) is 0.528. The van der Waals surface area contributed by atoms with Gasteiger partial charge in [-0.25, -0.2) is 4.39 Å². The summed E-state index contributed by atoms with van der Waals surface area (Å²) in [5, 5.41) is 8.93. The zero-order valence-electron chi connectivity index (χ0n) is 27.6. The standard InChI is InChI=1S/C36H46FN5O5/c1-22(2)30-20-41(35(46)26-14-12-23(3)29(19-26)39-33(44)25-9-4-5-10-25)21-32(43)38-16-6-8-24-13-15-28(37)27(18-24)36(47)42-17-7-11-31(42)34(45)40-30/h12-15,18-19,22,25,30-31H,4-11,16-17,20-21H2,1-3H3,(H,38,43)(H,39,44)(H,40,45)/t30-,31-/m0/s1.